The van der Waals surface area contributed by atoms with Crippen molar-refractivity contribution in [1.82, 2.24) is 0 Å². The van der Waals surface area contributed by atoms with Crippen molar-refractivity contribution in [2.75, 3.05) is 35.0 Å². The van der Waals surface area contributed by atoms with Crippen molar-refractivity contribution in [3.8, 4) is 28.7 Å². The molecular weight excluding hydrogens is 460 g/mol. The molecule has 0 saturated heterocycles. The molecule has 0 spiro atoms. The summed E-state index contributed by atoms with van der Waals surface area (Å²) in [5.74, 6) is 1.54. The van der Waals surface area contributed by atoms with Gasteiger partial charge in [0.15, 0.2) is 34.6 Å². The number of rotatable bonds is 14. The molecular formula is C25H32O8S. The zero-order chi connectivity index (χ0) is 25.3. The number of hydrogen-bond acceptors (Lipinski definition) is 9. The van der Waals surface area contributed by atoms with E-state index in [0.29, 0.717) is 51.4 Å². The van der Waals surface area contributed by atoms with Crippen LogP contribution in [0.2, 0.25) is 0 Å². The van der Waals surface area contributed by atoms with E-state index in [0.717, 1.165) is 18.2 Å². The highest BCUT2D eigenvalue weighted by atomic mass is 32.2. The van der Waals surface area contributed by atoms with E-state index in [1.165, 1.54) is 28.4 Å². The minimum absolute atomic E-state index is 0.00719. The molecule has 2 rings (SSSR count). The standard InChI is InChI=1S/C25H32O8S/c1-7-10-33-25-22(31-5)13-17(14-23(25)34-15(2)26)19(28)9-8-18(27)16-11-20(29-3)24(32-6)21(12-16)30-4/h11-15,26H,7-10H2,1-6H3. The summed E-state index contributed by atoms with van der Waals surface area (Å²) in [4.78, 5) is 26.4. The summed E-state index contributed by atoms with van der Waals surface area (Å²) in [6.45, 7) is 4.09. The van der Waals surface area contributed by atoms with Crippen molar-refractivity contribution >= 4 is 23.3 Å². The van der Waals surface area contributed by atoms with Crippen LogP contribution in [0.1, 0.15) is 53.8 Å². The van der Waals surface area contributed by atoms with Crippen molar-refractivity contribution < 1.29 is 38.4 Å². The molecule has 0 saturated carbocycles. The Morgan fingerprint density at radius 1 is 0.824 bits per heavy atom. The minimum Gasteiger partial charge on any atom is -0.493 e. The van der Waals surface area contributed by atoms with Crippen molar-refractivity contribution in [3.63, 3.8) is 0 Å². The van der Waals surface area contributed by atoms with Gasteiger partial charge in [0.1, 0.15) is 5.44 Å². The third-order valence-corrected chi connectivity index (χ3v) is 5.77. The van der Waals surface area contributed by atoms with Gasteiger partial charge >= 0.3 is 0 Å². The summed E-state index contributed by atoms with van der Waals surface area (Å²) in [6, 6.07) is 6.39. The lowest BCUT2D eigenvalue weighted by Crippen LogP contribution is -2.08. The molecule has 0 heterocycles. The molecule has 1 atom stereocenters. The van der Waals surface area contributed by atoms with E-state index in [-0.39, 0.29) is 24.4 Å². The van der Waals surface area contributed by atoms with Crippen LogP contribution in [0.5, 0.6) is 28.7 Å². The third-order valence-electron chi connectivity index (χ3n) is 4.88. The molecule has 186 valence electrons. The Kier molecular flexibility index (Phi) is 10.5. The number of carbonyl (C=O) groups is 2. The first-order chi connectivity index (χ1) is 16.3. The quantitative estimate of drug-likeness (QED) is 0.227. The molecule has 9 heteroatoms. The number of ketones is 2. The van der Waals surface area contributed by atoms with Gasteiger partial charge in [-0.05, 0) is 37.6 Å². The van der Waals surface area contributed by atoms with Gasteiger partial charge in [-0.15, -0.1) is 0 Å². The van der Waals surface area contributed by atoms with Gasteiger partial charge in [0.2, 0.25) is 5.75 Å². The molecule has 0 aromatic heterocycles. The second kappa shape index (κ2) is 13.1. The van der Waals surface area contributed by atoms with Gasteiger partial charge in [-0.3, -0.25) is 9.59 Å². The Morgan fingerprint density at radius 2 is 1.29 bits per heavy atom. The summed E-state index contributed by atoms with van der Waals surface area (Å²) in [5, 5.41) is 9.88. The summed E-state index contributed by atoms with van der Waals surface area (Å²) in [7, 11) is 5.92. The predicted octanol–water partition coefficient (Wildman–Crippen LogP) is 4.79. The molecule has 0 radical (unpaired) electrons. The van der Waals surface area contributed by atoms with E-state index >= 15 is 0 Å². The highest BCUT2D eigenvalue weighted by Gasteiger charge is 2.21. The zero-order valence-corrected chi connectivity index (χ0v) is 21.2. The molecule has 0 aliphatic heterocycles. The topological polar surface area (TPSA) is 101 Å². The van der Waals surface area contributed by atoms with Crippen LogP contribution in [0.15, 0.2) is 29.2 Å². The maximum absolute atomic E-state index is 13.0. The highest BCUT2D eigenvalue weighted by molar-refractivity contribution is 7.99. The fourth-order valence-corrected chi connectivity index (χ4v) is 4.09. The maximum Gasteiger partial charge on any atom is 0.203 e. The number of carbonyl (C=O) groups excluding carboxylic acids is 2. The Hall–Kier alpha value is -2.91. The molecule has 0 aliphatic carbocycles. The first-order valence-electron chi connectivity index (χ1n) is 10.8. The van der Waals surface area contributed by atoms with Crippen molar-refractivity contribution in [1.29, 1.82) is 0 Å². The number of thioether (sulfide) groups is 1. The monoisotopic (exact) mass is 492 g/mol. The third kappa shape index (κ3) is 6.80. The van der Waals surface area contributed by atoms with Crippen LogP contribution < -0.4 is 23.7 Å². The molecule has 0 fully saturated rings. The molecule has 2 aromatic rings. The SMILES string of the molecule is CCCOc1c(OC)cc(C(=O)CCC(=O)c2cc(OC)c(OC)c(OC)c2)cc1SC(C)O. The summed E-state index contributed by atoms with van der Waals surface area (Å²) in [5.41, 5.74) is 0.0238. The van der Waals surface area contributed by atoms with E-state index < -0.39 is 5.44 Å². The van der Waals surface area contributed by atoms with Gasteiger partial charge in [0.25, 0.3) is 0 Å². The second-order valence-corrected chi connectivity index (χ2v) is 8.69. The zero-order valence-electron chi connectivity index (χ0n) is 20.4. The summed E-state index contributed by atoms with van der Waals surface area (Å²) < 4.78 is 27.1. The maximum atomic E-state index is 13.0. The van der Waals surface area contributed by atoms with Gasteiger partial charge in [0, 0.05) is 24.0 Å². The molecule has 0 amide bonds. The average Bonchev–Trinajstić information content (AvgIpc) is 2.84. The number of aliphatic hydroxyl groups excluding tert-OH is 1. The number of Topliss-reactive ketones (excluding diaryl/α,β-unsaturated/α-hetero) is 2. The predicted molar refractivity (Wildman–Crippen MR) is 130 cm³/mol. The fraction of sp³-hybridized carbons (Fsp3) is 0.440. The van der Waals surface area contributed by atoms with Gasteiger partial charge < -0.3 is 28.8 Å². The second-order valence-electron chi connectivity index (χ2n) is 7.33. The van der Waals surface area contributed by atoms with Gasteiger partial charge in [0.05, 0.1) is 39.9 Å². The van der Waals surface area contributed by atoms with Crippen molar-refractivity contribution in [2.24, 2.45) is 0 Å². The van der Waals surface area contributed by atoms with Gasteiger partial charge in [-0.25, -0.2) is 0 Å². The van der Waals surface area contributed by atoms with Crippen LogP contribution in [0.3, 0.4) is 0 Å². The Labute approximate surface area is 204 Å². The number of ether oxygens (including phenoxy) is 5. The van der Waals surface area contributed by atoms with Gasteiger partial charge in [-0.1, -0.05) is 18.7 Å². The Bertz CT molecular complexity index is 978. The lowest BCUT2D eigenvalue weighted by atomic mass is 10.0. The number of benzene rings is 2. The van der Waals surface area contributed by atoms with Crippen LogP contribution in [0.25, 0.3) is 0 Å². The van der Waals surface area contributed by atoms with E-state index in [9.17, 15) is 14.7 Å². The average molecular weight is 493 g/mol. The normalized spacial score (nSPS) is 11.5. The van der Waals surface area contributed by atoms with E-state index in [1.54, 1.807) is 31.2 Å². The number of aliphatic hydroxyl groups is 1. The van der Waals surface area contributed by atoms with Gasteiger partial charge in [-0.2, -0.15) is 0 Å². The van der Waals surface area contributed by atoms with Crippen LogP contribution in [-0.4, -0.2) is 57.2 Å². The van der Waals surface area contributed by atoms with E-state index in [1.807, 2.05) is 6.92 Å². The Morgan fingerprint density at radius 3 is 1.71 bits per heavy atom. The molecule has 2 aromatic carbocycles. The lowest BCUT2D eigenvalue weighted by Gasteiger charge is -2.17. The summed E-state index contributed by atoms with van der Waals surface area (Å²) in [6.07, 6.45) is 0.783. The number of hydrogen-bond donors (Lipinski definition) is 1. The highest BCUT2D eigenvalue weighted by Crippen LogP contribution is 2.41. The molecule has 0 aliphatic rings. The van der Waals surface area contributed by atoms with Crippen molar-refractivity contribution in [2.45, 2.75) is 43.4 Å². The smallest absolute Gasteiger partial charge is 0.203 e. The summed E-state index contributed by atoms with van der Waals surface area (Å²) >= 11 is 1.16. The van der Waals surface area contributed by atoms with Crippen LogP contribution >= 0.6 is 11.8 Å². The number of methoxy groups -OCH3 is 4. The molecule has 34 heavy (non-hydrogen) atoms. The van der Waals surface area contributed by atoms with Crippen LogP contribution in [0, 0.1) is 0 Å². The molecule has 0 bridgehead atoms. The molecule has 8 nitrogen and oxygen atoms in total. The molecule has 1 N–H and O–H groups in total. The Balaban J connectivity index is 2.26. The first kappa shape index (κ1) is 27.3. The van der Waals surface area contributed by atoms with Crippen LogP contribution in [0.4, 0.5) is 0 Å². The van der Waals surface area contributed by atoms with E-state index in [4.69, 9.17) is 23.7 Å². The fourth-order valence-electron chi connectivity index (χ4n) is 3.26. The van der Waals surface area contributed by atoms with E-state index in [2.05, 4.69) is 0 Å². The van der Waals surface area contributed by atoms with Crippen molar-refractivity contribution in [3.05, 3.63) is 35.4 Å². The van der Waals surface area contributed by atoms with Crippen LogP contribution in [-0.2, 0) is 0 Å². The largest absolute Gasteiger partial charge is 0.493 e. The molecule has 1 unspecified atom stereocenters. The lowest BCUT2D eigenvalue weighted by molar-refractivity contribution is 0.0917. The first-order valence-corrected chi connectivity index (χ1v) is 11.7. The minimum atomic E-state index is -0.708.